The highest BCUT2D eigenvalue weighted by atomic mass is 32.2. The molecule has 20 heavy (non-hydrogen) atoms. The summed E-state index contributed by atoms with van der Waals surface area (Å²) in [5.74, 6) is -2.38. The Labute approximate surface area is 115 Å². The number of ether oxygens (including phenoxy) is 1. The van der Waals surface area contributed by atoms with Crippen LogP contribution in [0.4, 0.5) is 4.39 Å². The zero-order chi connectivity index (χ0) is 14.8. The van der Waals surface area contributed by atoms with Crippen LogP contribution in [-0.2, 0) is 25.3 Å². The molecule has 2 atom stereocenters. The molecule has 0 amide bonds. The van der Waals surface area contributed by atoms with Crippen LogP contribution in [0.5, 0.6) is 0 Å². The predicted molar refractivity (Wildman–Crippen MR) is 67.9 cm³/mol. The molecule has 1 fully saturated rings. The Kier molecular flexibility index (Phi) is 4.36. The van der Waals surface area contributed by atoms with E-state index < -0.39 is 39.7 Å². The highest BCUT2D eigenvalue weighted by Crippen LogP contribution is 2.17. The van der Waals surface area contributed by atoms with E-state index >= 15 is 0 Å². The molecule has 0 saturated carbocycles. The van der Waals surface area contributed by atoms with Crippen molar-refractivity contribution in [2.75, 3.05) is 6.61 Å². The number of hydrogen-bond donors (Lipinski definition) is 2. The molecular formula is C12H14FNO5S. The Hall–Kier alpha value is -1.51. The van der Waals surface area contributed by atoms with Crippen LogP contribution in [0, 0.1) is 5.82 Å². The molecule has 1 heterocycles. The zero-order valence-corrected chi connectivity index (χ0v) is 11.3. The van der Waals surface area contributed by atoms with E-state index in [2.05, 4.69) is 4.72 Å². The summed E-state index contributed by atoms with van der Waals surface area (Å²) in [6.45, 7) is 0.170. The summed E-state index contributed by atoms with van der Waals surface area (Å²) >= 11 is 0. The van der Waals surface area contributed by atoms with Crippen molar-refractivity contribution in [3.8, 4) is 0 Å². The lowest BCUT2D eigenvalue weighted by Gasteiger charge is -2.16. The second kappa shape index (κ2) is 5.86. The van der Waals surface area contributed by atoms with Gasteiger partial charge in [0, 0.05) is 12.2 Å². The van der Waals surface area contributed by atoms with E-state index in [9.17, 15) is 17.6 Å². The van der Waals surface area contributed by atoms with Gasteiger partial charge in [-0.1, -0.05) is 18.2 Å². The van der Waals surface area contributed by atoms with Crippen LogP contribution in [0.25, 0.3) is 0 Å². The number of halogens is 1. The quantitative estimate of drug-likeness (QED) is 0.825. The van der Waals surface area contributed by atoms with Gasteiger partial charge in [-0.3, -0.25) is 0 Å². The van der Waals surface area contributed by atoms with E-state index in [0.29, 0.717) is 0 Å². The van der Waals surface area contributed by atoms with Crippen molar-refractivity contribution >= 4 is 16.0 Å². The van der Waals surface area contributed by atoms with Crippen molar-refractivity contribution in [2.24, 2.45) is 0 Å². The van der Waals surface area contributed by atoms with E-state index in [1.807, 2.05) is 0 Å². The number of carboxylic acids is 1. The van der Waals surface area contributed by atoms with Crippen LogP contribution >= 0.6 is 0 Å². The van der Waals surface area contributed by atoms with Gasteiger partial charge in [-0.05, 0) is 12.5 Å². The first kappa shape index (κ1) is 14.9. The first-order valence-corrected chi connectivity index (χ1v) is 7.62. The van der Waals surface area contributed by atoms with Crippen LogP contribution in [0.1, 0.15) is 12.0 Å². The molecule has 6 nitrogen and oxygen atoms in total. The molecule has 1 saturated heterocycles. The van der Waals surface area contributed by atoms with E-state index in [4.69, 9.17) is 9.84 Å². The van der Waals surface area contributed by atoms with Crippen LogP contribution < -0.4 is 4.72 Å². The molecular weight excluding hydrogens is 289 g/mol. The maximum absolute atomic E-state index is 13.4. The molecule has 8 heteroatoms. The second-order valence-corrected chi connectivity index (χ2v) is 6.25. The van der Waals surface area contributed by atoms with Crippen LogP contribution in [0.2, 0.25) is 0 Å². The van der Waals surface area contributed by atoms with Crippen molar-refractivity contribution in [1.82, 2.24) is 4.72 Å². The molecule has 0 aromatic heterocycles. The van der Waals surface area contributed by atoms with Crippen molar-refractivity contribution in [3.63, 3.8) is 0 Å². The molecule has 0 unspecified atom stereocenters. The number of sulfonamides is 1. The number of hydrogen-bond acceptors (Lipinski definition) is 4. The average molecular weight is 303 g/mol. The number of nitrogens with one attached hydrogen (secondary N) is 1. The summed E-state index contributed by atoms with van der Waals surface area (Å²) in [4.78, 5) is 10.9. The first-order chi connectivity index (χ1) is 9.39. The van der Waals surface area contributed by atoms with Crippen LogP contribution in [-0.4, -0.2) is 38.2 Å². The summed E-state index contributed by atoms with van der Waals surface area (Å²) in [5.41, 5.74) is 0.0331. The molecule has 0 aliphatic carbocycles. The molecule has 1 aromatic carbocycles. The largest absolute Gasteiger partial charge is 0.479 e. The number of rotatable bonds is 5. The normalized spacial score (nSPS) is 22.9. The van der Waals surface area contributed by atoms with Crippen molar-refractivity contribution in [2.45, 2.75) is 24.3 Å². The number of benzene rings is 1. The van der Waals surface area contributed by atoms with Gasteiger partial charge in [-0.2, -0.15) is 0 Å². The highest BCUT2D eigenvalue weighted by Gasteiger charge is 2.36. The molecule has 2 N–H and O–H groups in total. The van der Waals surface area contributed by atoms with Crippen molar-refractivity contribution < 1.29 is 27.4 Å². The molecule has 1 aromatic rings. The van der Waals surface area contributed by atoms with E-state index in [1.54, 1.807) is 0 Å². The summed E-state index contributed by atoms with van der Waals surface area (Å²) < 4.78 is 44.5. The van der Waals surface area contributed by atoms with Gasteiger partial charge < -0.3 is 9.84 Å². The fourth-order valence-corrected chi connectivity index (χ4v) is 3.48. The van der Waals surface area contributed by atoms with Gasteiger partial charge in [0.15, 0.2) is 6.10 Å². The maximum atomic E-state index is 13.4. The molecule has 2 rings (SSSR count). The SMILES string of the molecule is O=C(O)[C@@H]1OCC[C@@H]1NS(=O)(=O)Cc1ccccc1F. The highest BCUT2D eigenvalue weighted by molar-refractivity contribution is 7.88. The Bertz CT molecular complexity index is 604. The smallest absolute Gasteiger partial charge is 0.334 e. The van der Waals surface area contributed by atoms with Gasteiger partial charge in [-0.15, -0.1) is 0 Å². The summed E-state index contributed by atoms with van der Waals surface area (Å²) in [5, 5.41) is 8.89. The van der Waals surface area contributed by atoms with Gasteiger partial charge in [0.25, 0.3) is 0 Å². The molecule has 1 aliphatic rings. The van der Waals surface area contributed by atoms with Gasteiger partial charge in [0.1, 0.15) is 5.82 Å². The lowest BCUT2D eigenvalue weighted by molar-refractivity contribution is -0.147. The van der Waals surface area contributed by atoms with Crippen LogP contribution in [0.3, 0.4) is 0 Å². The monoisotopic (exact) mass is 303 g/mol. The lowest BCUT2D eigenvalue weighted by Crippen LogP contribution is -2.44. The molecule has 0 bridgehead atoms. The van der Waals surface area contributed by atoms with Gasteiger partial charge in [-0.25, -0.2) is 22.3 Å². The number of carbonyl (C=O) groups is 1. The maximum Gasteiger partial charge on any atom is 0.334 e. The first-order valence-electron chi connectivity index (χ1n) is 5.97. The zero-order valence-electron chi connectivity index (χ0n) is 10.5. The third-order valence-corrected chi connectivity index (χ3v) is 4.32. The number of carboxylic acid groups (broad SMARTS) is 1. The lowest BCUT2D eigenvalue weighted by atomic mass is 10.1. The van der Waals surface area contributed by atoms with Crippen molar-refractivity contribution in [3.05, 3.63) is 35.6 Å². The minimum atomic E-state index is -3.84. The summed E-state index contributed by atoms with van der Waals surface area (Å²) in [7, 11) is -3.84. The van der Waals surface area contributed by atoms with Gasteiger partial charge in [0.05, 0.1) is 11.8 Å². The van der Waals surface area contributed by atoms with Gasteiger partial charge in [0.2, 0.25) is 10.0 Å². The molecule has 0 radical (unpaired) electrons. The third-order valence-electron chi connectivity index (χ3n) is 2.97. The molecule has 1 aliphatic heterocycles. The Morgan fingerprint density at radius 2 is 2.15 bits per heavy atom. The average Bonchev–Trinajstić information content (AvgIpc) is 2.79. The predicted octanol–water partition coefficient (Wildman–Crippen LogP) is 0.487. The molecule has 0 spiro atoms. The minimum absolute atomic E-state index is 0.0331. The Morgan fingerprint density at radius 3 is 2.80 bits per heavy atom. The van der Waals surface area contributed by atoms with Crippen molar-refractivity contribution in [1.29, 1.82) is 0 Å². The second-order valence-electron chi connectivity index (χ2n) is 4.49. The summed E-state index contributed by atoms with van der Waals surface area (Å²) in [6, 6.07) is 4.71. The van der Waals surface area contributed by atoms with E-state index in [0.717, 1.165) is 0 Å². The Morgan fingerprint density at radius 1 is 1.45 bits per heavy atom. The van der Waals surface area contributed by atoms with Gasteiger partial charge >= 0.3 is 5.97 Å². The third kappa shape index (κ3) is 3.53. The summed E-state index contributed by atoms with van der Waals surface area (Å²) in [6.07, 6.45) is -0.932. The minimum Gasteiger partial charge on any atom is -0.479 e. The van der Waals surface area contributed by atoms with E-state index in [-0.39, 0.29) is 18.6 Å². The number of aliphatic carboxylic acids is 1. The molecule has 110 valence electrons. The fraction of sp³-hybridized carbons (Fsp3) is 0.417. The Balaban J connectivity index is 2.08. The topological polar surface area (TPSA) is 92.7 Å². The fourth-order valence-electron chi connectivity index (χ4n) is 2.05. The van der Waals surface area contributed by atoms with E-state index in [1.165, 1.54) is 24.3 Å². The standard InChI is InChI=1S/C12H14FNO5S/c13-9-4-2-1-3-8(9)7-20(17,18)14-10-5-6-19-11(10)12(15)16/h1-4,10-11,14H,5-7H2,(H,15,16)/t10-,11+/m0/s1. The van der Waals surface area contributed by atoms with Crippen LogP contribution in [0.15, 0.2) is 24.3 Å².